The van der Waals surface area contributed by atoms with Gasteiger partial charge in [-0.25, -0.2) is 0 Å². The minimum absolute atomic E-state index is 0.235. The van der Waals surface area contributed by atoms with Crippen LogP contribution < -0.4 is 5.32 Å². The lowest BCUT2D eigenvalue weighted by Gasteiger charge is -2.19. The third kappa shape index (κ3) is 4.36. The Bertz CT molecular complexity index is 544. The van der Waals surface area contributed by atoms with Crippen molar-refractivity contribution in [3.63, 3.8) is 0 Å². The molecular weight excluding hydrogens is 332 g/mol. The Labute approximate surface area is 133 Å². The van der Waals surface area contributed by atoms with Gasteiger partial charge in [0.2, 0.25) is 0 Å². The fourth-order valence-electron chi connectivity index (χ4n) is 2.35. The summed E-state index contributed by atoms with van der Waals surface area (Å²) in [7, 11) is 3.68. The van der Waals surface area contributed by atoms with Crippen molar-refractivity contribution in [2.45, 2.75) is 25.4 Å². The van der Waals surface area contributed by atoms with Gasteiger partial charge >= 0.3 is 0 Å². The largest absolute Gasteiger partial charge is 0.383 e. The standard InChI is InChI=1S/C15H21BrN4O/c1-17-14(6-5-12-4-3-7-18-10-12)15-13(16)11-19-20(15)8-9-21-2/h3-4,7,10-11,14,17H,5-6,8-9H2,1-2H3. The molecule has 5 nitrogen and oxygen atoms in total. The number of nitrogens with one attached hydrogen (secondary N) is 1. The molecule has 0 aromatic carbocycles. The summed E-state index contributed by atoms with van der Waals surface area (Å²) in [6.07, 6.45) is 7.53. The molecule has 1 N–H and O–H groups in total. The maximum absolute atomic E-state index is 5.15. The Kier molecular flexibility index (Phi) is 6.35. The van der Waals surface area contributed by atoms with Crippen LogP contribution in [0.4, 0.5) is 0 Å². The topological polar surface area (TPSA) is 52.0 Å². The zero-order valence-electron chi connectivity index (χ0n) is 12.4. The Morgan fingerprint density at radius 1 is 1.43 bits per heavy atom. The Balaban J connectivity index is 2.08. The van der Waals surface area contributed by atoms with Crippen LogP contribution in [-0.4, -0.2) is 35.5 Å². The molecular formula is C15H21BrN4O. The Morgan fingerprint density at radius 3 is 2.95 bits per heavy atom. The highest BCUT2D eigenvalue weighted by Gasteiger charge is 2.18. The van der Waals surface area contributed by atoms with E-state index in [1.54, 1.807) is 13.3 Å². The molecule has 0 saturated carbocycles. The normalized spacial score (nSPS) is 12.5. The van der Waals surface area contributed by atoms with Crippen LogP contribution in [0.1, 0.15) is 23.7 Å². The number of methoxy groups -OCH3 is 1. The summed E-state index contributed by atoms with van der Waals surface area (Å²) in [4.78, 5) is 4.16. The van der Waals surface area contributed by atoms with E-state index in [4.69, 9.17) is 4.74 Å². The van der Waals surface area contributed by atoms with Crippen molar-refractivity contribution in [1.82, 2.24) is 20.1 Å². The van der Waals surface area contributed by atoms with E-state index in [1.807, 2.05) is 30.2 Å². The van der Waals surface area contributed by atoms with Gasteiger partial charge in [0.15, 0.2) is 0 Å². The summed E-state index contributed by atoms with van der Waals surface area (Å²) in [6, 6.07) is 4.32. The van der Waals surface area contributed by atoms with Crippen molar-refractivity contribution in [1.29, 1.82) is 0 Å². The first-order valence-electron chi connectivity index (χ1n) is 7.02. The summed E-state index contributed by atoms with van der Waals surface area (Å²) in [6.45, 7) is 1.41. The van der Waals surface area contributed by atoms with Crippen molar-refractivity contribution in [2.75, 3.05) is 20.8 Å². The summed E-state index contributed by atoms with van der Waals surface area (Å²) >= 11 is 3.60. The highest BCUT2D eigenvalue weighted by atomic mass is 79.9. The van der Waals surface area contributed by atoms with E-state index in [-0.39, 0.29) is 6.04 Å². The van der Waals surface area contributed by atoms with E-state index in [0.717, 1.165) is 23.9 Å². The van der Waals surface area contributed by atoms with Crippen molar-refractivity contribution in [2.24, 2.45) is 0 Å². The lowest BCUT2D eigenvalue weighted by molar-refractivity contribution is 0.181. The van der Waals surface area contributed by atoms with Crippen LogP contribution in [0.3, 0.4) is 0 Å². The summed E-state index contributed by atoms with van der Waals surface area (Å²) in [5.41, 5.74) is 2.41. The number of pyridine rings is 1. The van der Waals surface area contributed by atoms with Crippen LogP contribution in [0.5, 0.6) is 0 Å². The molecule has 2 rings (SSSR count). The second-order valence-corrected chi connectivity index (χ2v) is 5.69. The number of halogens is 1. The molecule has 0 spiro atoms. The molecule has 6 heteroatoms. The monoisotopic (exact) mass is 352 g/mol. The zero-order chi connectivity index (χ0) is 15.1. The van der Waals surface area contributed by atoms with Gasteiger partial charge in [-0.2, -0.15) is 5.10 Å². The third-order valence-corrected chi connectivity index (χ3v) is 4.07. The molecule has 0 aliphatic carbocycles. The van der Waals surface area contributed by atoms with Crippen molar-refractivity contribution >= 4 is 15.9 Å². The van der Waals surface area contributed by atoms with E-state index in [0.29, 0.717) is 6.61 Å². The summed E-state index contributed by atoms with van der Waals surface area (Å²) < 4.78 is 8.18. The number of hydrogen-bond donors (Lipinski definition) is 1. The number of hydrogen-bond acceptors (Lipinski definition) is 4. The lowest BCUT2D eigenvalue weighted by atomic mass is 10.0. The molecule has 0 fully saturated rings. The van der Waals surface area contributed by atoms with Crippen LogP contribution in [0, 0.1) is 0 Å². The first-order valence-corrected chi connectivity index (χ1v) is 7.82. The third-order valence-electron chi connectivity index (χ3n) is 3.46. The molecule has 1 unspecified atom stereocenters. The van der Waals surface area contributed by atoms with E-state index in [2.05, 4.69) is 37.4 Å². The Morgan fingerprint density at radius 2 is 2.29 bits per heavy atom. The van der Waals surface area contributed by atoms with Gasteiger partial charge in [-0.1, -0.05) is 6.07 Å². The molecule has 1 atom stereocenters. The predicted molar refractivity (Wildman–Crippen MR) is 86.2 cm³/mol. The average Bonchev–Trinajstić information content (AvgIpc) is 2.88. The van der Waals surface area contributed by atoms with Gasteiger partial charge in [0, 0.05) is 19.5 Å². The quantitative estimate of drug-likeness (QED) is 0.793. The molecule has 2 aromatic rings. The fraction of sp³-hybridized carbons (Fsp3) is 0.467. The van der Waals surface area contributed by atoms with Gasteiger partial charge in [-0.15, -0.1) is 0 Å². The lowest BCUT2D eigenvalue weighted by Crippen LogP contribution is -2.22. The van der Waals surface area contributed by atoms with Gasteiger partial charge in [-0.3, -0.25) is 9.67 Å². The maximum atomic E-state index is 5.15. The number of aryl methyl sites for hydroxylation is 1. The van der Waals surface area contributed by atoms with Gasteiger partial charge in [-0.05, 0) is 47.4 Å². The van der Waals surface area contributed by atoms with Crippen LogP contribution in [0.2, 0.25) is 0 Å². The highest BCUT2D eigenvalue weighted by Crippen LogP contribution is 2.26. The number of nitrogens with zero attached hydrogens (tertiary/aromatic N) is 3. The summed E-state index contributed by atoms with van der Waals surface area (Å²) in [5, 5.41) is 7.79. The molecule has 0 radical (unpaired) electrons. The van der Waals surface area contributed by atoms with Crippen LogP contribution in [0.25, 0.3) is 0 Å². The van der Waals surface area contributed by atoms with Gasteiger partial charge in [0.05, 0.1) is 35.6 Å². The van der Waals surface area contributed by atoms with E-state index >= 15 is 0 Å². The predicted octanol–water partition coefficient (Wildman–Crippen LogP) is 2.58. The highest BCUT2D eigenvalue weighted by molar-refractivity contribution is 9.10. The van der Waals surface area contributed by atoms with Crippen molar-refractivity contribution in [3.05, 3.63) is 46.5 Å². The molecule has 0 amide bonds. The van der Waals surface area contributed by atoms with Gasteiger partial charge < -0.3 is 10.1 Å². The molecule has 0 aliphatic rings. The molecule has 2 heterocycles. The summed E-state index contributed by atoms with van der Waals surface area (Å²) in [5.74, 6) is 0. The molecule has 0 aliphatic heterocycles. The molecule has 114 valence electrons. The minimum Gasteiger partial charge on any atom is -0.383 e. The van der Waals surface area contributed by atoms with Crippen molar-refractivity contribution < 1.29 is 4.74 Å². The Hall–Kier alpha value is -1.24. The van der Waals surface area contributed by atoms with Gasteiger partial charge in [0.1, 0.15) is 0 Å². The number of ether oxygens (including phenoxy) is 1. The van der Waals surface area contributed by atoms with E-state index < -0.39 is 0 Å². The second-order valence-electron chi connectivity index (χ2n) is 4.83. The van der Waals surface area contributed by atoms with Gasteiger partial charge in [0.25, 0.3) is 0 Å². The maximum Gasteiger partial charge on any atom is 0.0696 e. The van der Waals surface area contributed by atoms with Crippen molar-refractivity contribution in [3.8, 4) is 0 Å². The number of aromatic nitrogens is 3. The first-order chi connectivity index (χ1) is 10.3. The van der Waals surface area contributed by atoms with Crippen LogP contribution >= 0.6 is 15.9 Å². The smallest absolute Gasteiger partial charge is 0.0696 e. The first kappa shape index (κ1) is 16.1. The average molecular weight is 353 g/mol. The molecule has 0 saturated heterocycles. The van der Waals surface area contributed by atoms with Crippen LogP contribution in [0.15, 0.2) is 35.2 Å². The fourth-order valence-corrected chi connectivity index (χ4v) is 2.92. The second kappa shape index (κ2) is 8.26. The number of rotatable bonds is 8. The van der Waals surface area contributed by atoms with E-state index in [9.17, 15) is 0 Å². The zero-order valence-corrected chi connectivity index (χ0v) is 14.0. The molecule has 2 aromatic heterocycles. The van der Waals surface area contributed by atoms with Crippen LogP contribution in [-0.2, 0) is 17.7 Å². The van der Waals surface area contributed by atoms with E-state index in [1.165, 1.54) is 11.3 Å². The molecule has 0 bridgehead atoms. The SMILES string of the molecule is CNC(CCc1cccnc1)c1c(Br)cnn1CCOC. The minimum atomic E-state index is 0.235. The molecule has 21 heavy (non-hydrogen) atoms.